The van der Waals surface area contributed by atoms with Gasteiger partial charge < -0.3 is 5.11 Å². The third-order valence-electron chi connectivity index (χ3n) is 5.85. The van der Waals surface area contributed by atoms with E-state index in [2.05, 4.69) is 31.0 Å². The maximum atomic E-state index is 10.2. The van der Waals surface area contributed by atoms with Crippen molar-refractivity contribution in [3.63, 3.8) is 0 Å². The van der Waals surface area contributed by atoms with Gasteiger partial charge in [0, 0.05) is 13.3 Å². The first kappa shape index (κ1) is 22.4. The first-order chi connectivity index (χ1) is 12.2. The average molecular weight is 352 g/mol. The number of aliphatic imine (C=N–C) groups is 1. The standard InChI is InChI=1S/C22H43N2O/c1-4-6-7-8-9-10-11-12-13-14-15-16-17-18-22-23-19-20-24(22,5-2)21(3)25/h14-15,19,21-22,25H,4-13,16-18,20H2,1-3H3/q+1/b15-14+. The van der Waals surface area contributed by atoms with E-state index in [0.717, 1.165) is 30.4 Å². The molecule has 0 saturated carbocycles. The van der Waals surface area contributed by atoms with Gasteiger partial charge in [-0.05, 0) is 32.6 Å². The summed E-state index contributed by atoms with van der Waals surface area (Å²) in [5.41, 5.74) is 0. The van der Waals surface area contributed by atoms with Crippen molar-refractivity contribution < 1.29 is 9.59 Å². The zero-order chi connectivity index (χ0) is 18.4. The molecule has 0 bridgehead atoms. The Hall–Kier alpha value is -0.670. The molecule has 0 saturated heterocycles. The molecule has 0 aliphatic carbocycles. The van der Waals surface area contributed by atoms with Crippen molar-refractivity contribution in [3.05, 3.63) is 12.2 Å². The second-order valence-electron chi connectivity index (χ2n) is 7.71. The maximum absolute atomic E-state index is 10.2. The minimum absolute atomic E-state index is 0.256. The Morgan fingerprint density at radius 1 is 1.00 bits per heavy atom. The predicted molar refractivity (Wildman–Crippen MR) is 110 cm³/mol. The highest BCUT2D eigenvalue weighted by atomic mass is 16.3. The second kappa shape index (κ2) is 13.5. The number of aliphatic hydroxyl groups excluding tert-OH is 1. The molecule has 0 radical (unpaired) electrons. The molecule has 3 unspecified atom stereocenters. The molecule has 1 aliphatic rings. The first-order valence-electron chi connectivity index (χ1n) is 10.9. The van der Waals surface area contributed by atoms with Gasteiger partial charge in [-0.25, -0.2) is 4.99 Å². The number of hydrogen-bond acceptors (Lipinski definition) is 2. The van der Waals surface area contributed by atoms with E-state index in [1.165, 1.54) is 64.2 Å². The Bertz CT molecular complexity index is 378. The topological polar surface area (TPSA) is 32.6 Å². The van der Waals surface area contributed by atoms with E-state index < -0.39 is 0 Å². The molecule has 1 heterocycles. The summed E-state index contributed by atoms with van der Waals surface area (Å²) in [4.78, 5) is 4.64. The van der Waals surface area contributed by atoms with Crippen LogP contribution < -0.4 is 0 Å². The van der Waals surface area contributed by atoms with Crippen LogP contribution in [0.4, 0.5) is 0 Å². The minimum Gasteiger partial charge on any atom is -0.345 e. The fourth-order valence-corrected chi connectivity index (χ4v) is 3.96. The van der Waals surface area contributed by atoms with E-state index in [9.17, 15) is 5.11 Å². The van der Waals surface area contributed by atoms with Crippen molar-refractivity contribution in [2.24, 2.45) is 4.99 Å². The molecule has 0 spiro atoms. The third kappa shape index (κ3) is 8.04. The number of nitrogens with zero attached hydrogens (tertiary/aromatic N) is 2. The van der Waals surface area contributed by atoms with Crippen LogP contribution in [0.3, 0.4) is 0 Å². The van der Waals surface area contributed by atoms with Crippen molar-refractivity contribution in [1.29, 1.82) is 0 Å². The van der Waals surface area contributed by atoms with E-state index in [-0.39, 0.29) is 12.4 Å². The molecule has 1 aliphatic heterocycles. The van der Waals surface area contributed by atoms with Crippen LogP contribution in [0.25, 0.3) is 0 Å². The first-order valence-corrected chi connectivity index (χ1v) is 10.9. The summed E-state index contributed by atoms with van der Waals surface area (Å²) in [5, 5.41) is 10.2. The summed E-state index contributed by atoms with van der Waals surface area (Å²) in [7, 11) is 0. The van der Waals surface area contributed by atoms with Crippen LogP contribution in [0.15, 0.2) is 17.1 Å². The summed E-state index contributed by atoms with van der Waals surface area (Å²) in [6, 6.07) is 0. The lowest BCUT2D eigenvalue weighted by molar-refractivity contribution is -0.976. The predicted octanol–water partition coefficient (Wildman–Crippen LogP) is 5.83. The molecule has 146 valence electrons. The number of allylic oxidation sites excluding steroid dienone is 2. The molecule has 0 aromatic rings. The Morgan fingerprint density at radius 3 is 2.20 bits per heavy atom. The summed E-state index contributed by atoms with van der Waals surface area (Å²) < 4.78 is 0.724. The van der Waals surface area contributed by atoms with Crippen LogP contribution in [-0.4, -0.2) is 41.3 Å². The van der Waals surface area contributed by atoms with E-state index in [0.29, 0.717) is 0 Å². The van der Waals surface area contributed by atoms with Gasteiger partial charge in [-0.3, -0.25) is 4.48 Å². The smallest absolute Gasteiger partial charge is 0.189 e. The highest BCUT2D eigenvalue weighted by Crippen LogP contribution is 2.26. The van der Waals surface area contributed by atoms with Crippen LogP contribution in [0.2, 0.25) is 0 Å². The van der Waals surface area contributed by atoms with E-state index in [1.54, 1.807) is 0 Å². The number of aliphatic hydroxyl groups is 1. The Kier molecular flexibility index (Phi) is 12.1. The molecule has 3 heteroatoms. The van der Waals surface area contributed by atoms with Gasteiger partial charge in [0.05, 0.1) is 12.8 Å². The number of rotatable bonds is 15. The zero-order valence-corrected chi connectivity index (χ0v) is 17.1. The van der Waals surface area contributed by atoms with Crippen LogP contribution in [0.5, 0.6) is 0 Å². The van der Waals surface area contributed by atoms with E-state index in [1.807, 2.05) is 13.1 Å². The maximum Gasteiger partial charge on any atom is 0.189 e. The van der Waals surface area contributed by atoms with Gasteiger partial charge in [-0.1, -0.05) is 64.0 Å². The SMILES string of the molecule is CCCCCCCCCC/C=C/CCCC1N=CC[N+]1(CC)C(C)O. The Labute approximate surface area is 156 Å². The van der Waals surface area contributed by atoms with Gasteiger partial charge in [-0.2, -0.15) is 0 Å². The molecule has 3 atom stereocenters. The Balaban J connectivity index is 2.02. The fourth-order valence-electron chi connectivity index (χ4n) is 3.96. The molecule has 1 N–H and O–H groups in total. The van der Waals surface area contributed by atoms with Crippen LogP contribution >= 0.6 is 0 Å². The summed E-state index contributed by atoms with van der Waals surface area (Å²) >= 11 is 0. The average Bonchev–Trinajstić information content (AvgIpc) is 3.03. The molecule has 1 rings (SSSR count). The molecular formula is C22H43N2O+. The molecule has 3 nitrogen and oxygen atoms in total. The molecular weight excluding hydrogens is 308 g/mol. The molecule has 0 aromatic heterocycles. The van der Waals surface area contributed by atoms with Crippen molar-refractivity contribution in [2.45, 2.75) is 110 Å². The van der Waals surface area contributed by atoms with E-state index in [4.69, 9.17) is 0 Å². The lowest BCUT2D eigenvalue weighted by Gasteiger charge is -2.40. The lowest BCUT2D eigenvalue weighted by atomic mass is 10.1. The van der Waals surface area contributed by atoms with Crippen LogP contribution in [0, 0.1) is 0 Å². The van der Waals surface area contributed by atoms with Gasteiger partial charge in [0.25, 0.3) is 0 Å². The van der Waals surface area contributed by atoms with Gasteiger partial charge in [0.15, 0.2) is 12.4 Å². The Morgan fingerprint density at radius 2 is 1.60 bits per heavy atom. The summed E-state index contributed by atoms with van der Waals surface area (Å²) in [6.07, 6.45) is 22.5. The fraction of sp³-hybridized carbons (Fsp3) is 0.864. The van der Waals surface area contributed by atoms with Crippen molar-refractivity contribution in [1.82, 2.24) is 0 Å². The van der Waals surface area contributed by atoms with Gasteiger partial charge >= 0.3 is 0 Å². The molecule has 25 heavy (non-hydrogen) atoms. The molecule has 0 amide bonds. The second-order valence-corrected chi connectivity index (χ2v) is 7.71. The van der Waals surface area contributed by atoms with Crippen LogP contribution in [-0.2, 0) is 0 Å². The third-order valence-corrected chi connectivity index (χ3v) is 5.85. The quantitative estimate of drug-likeness (QED) is 0.225. The highest BCUT2D eigenvalue weighted by molar-refractivity contribution is 5.60. The van der Waals surface area contributed by atoms with Crippen molar-refractivity contribution in [2.75, 3.05) is 13.1 Å². The minimum atomic E-state index is -0.324. The highest BCUT2D eigenvalue weighted by Gasteiger charge is 2.41. The largest absolute Gasteiger partial charge is 0.345 e. The monoisotopic (exact) mass is 351 g/mol. The zero-order valence-electron chi connectivity index (χ0n) is 17.1. The molecule has 0 aromatic carbocycles. The number of hydrogen-bond donors (Lipinski definition) is 1. The number of quaternary nitrogens is 1. The van der Waals surface area contributed by atoms with Gasteiger partial charge in [0.1, 0.15) is 6.54 Å². The summed E-state index contributed by atoms with van der Waals surface area (Å²) in [5.74, 6) is 0. The number of unbranched alkanes of at least 4 members (excludes halogenated alkanes) is 9. The van der Waals surface area contributed by atoms with Gasteiger partial charge in [0.2, 0.25) is 0 Å². The molecule has 0 fully saturated rings. The summed E-state index contributed by atoms with van der Waals surface area (Å²) in [6.45, 7) is 8.19. The van der Waals surface area contributed by atoms with Crippen LogP contribution in [0.1, 0.15) is 97.8 Å². The van der Waals surface area contributed by atoms with E-state index >= 15 is 0 Å². The van der Waals surface area contributed by atoms with Crippen molar-refractivity contribution >= 4 is 6.21 Å². The normalized spacial score (nSPS) is 24.4. The lowest BCUT2D eigenvalue weighted by Crippen LogP contribution is -2.57. The van der Waals surface area contributed by atoms with Crippen molar-refractivity contribution in [3.8, 4) is 0 Å². The van der Waals surface area contributed by atoms with Gasteiger partial charge in [-0.15, -0.1) is 0 Å².